The number of aromatic nitrogens is 2. The average Bonchev–Trinajstić information content (AvgIpc) is 2.63. The summed E-state index contributed by atoms with van der Waals surface area (Å²) in [5.41, 5.74) is 1.52. The Kier molecular flexibility index (Phi) is 2.11. The predicted molar refractivity (Wildman–Crippen MR) is 68.8 cm³/mol. The molecule has 2 aromatic rings. The number of hydrogen-bond donors (Lipinski definition) is 1. The van der Waals surface area contributed by atoms with E-state index in [-0.39, 0.29) is 5.95 Å². The molecule has 0 spiro atoms. The largest absolute Gasteiger partial charge is 0.347 e. The summed E-state index contributed by atoms with van der Waals surface area (Å²) in [5.74, 6) is 0.576. The third-order valence-corrected chi connectivity index (χ3v) is 3.43. The number of rotatable bonds is 0. The summed E-state index contributed by atoms with van der Waals surface area (Å²) in [5, 5.41) is 0. The highest BCUT2D eigenvalue weighted by Crippen LogP contribution is 2.24. The fourth-order valence-electron chi connectivity index (χ4n) is 1.87. The third-order valence-electron chi connectivity index (χ3n) is 2.58. The highest BCUT2D eigenvalue weighted by molar-refractivity contribution is 7.91. The Morgan fingerprint density at radius 2 is 2.00 bits per heavy atom. The van der Waals surface area contributed by atoms with Crippen LogP contribution in [-0.4, -0.2) is 42.9 Å². The second-order valence-electron chi connectivity index (χ2n) is 4.12. The van der Waals surface area contributed by atoms with Gasteiger partial charge in [-0.3, -0.25) is 0 Å². The number of para-hydroxylation sites is 2. The molecule has 2 heterocycles. The topological polar surface area (TPSA) is 79.6 Å². The maximum atomic E-state index is 11.6. The SMILES string of the molecule is CN(C)C1=NS(=O)(=O)Nc2nc3ccccc3n21. The maximum Gasteiger partial charge on any atom is 0.347 e. The van der Waals surface area contributed by atoms with Crippen LogP contribution in [0.15, 0.2) is 28.7 Å². The van der Waals surface area contributed by atoms with E-state index in [1.54, 1.807) is 23.6 Å². The van der Waals surface area contributed by atoms with Crippen molar-refractivity contribution in [3.8, 4) is 0 Å². The quantitative estimate of drug-likeness (QED) is 0.751. The first-order chi connectivity index (χ1) is 8.48. The van der Waals surface area contributed by atoms with E-state index >= 15 is 0 Å². The van der Waals surface area contributed by atoms with Gasteiger partial charge in [0.2, 0.25) is 11.9 Å². The Bertz CT molecular complexity index is 760. The smallest absolute Gasteiger partial charge is 0.347 e. The van der Waals surface area contributed by atoms with Crippen LogP contribution in [0.2, 0.25) is 0 Å². The summed E-state index contributed by atoms with van der Waals surface area (Å²) in [6, 6.07) is 7.41. The van der Waals surface area contributed by atoms with Gasteiger partial charge < -0.3 is 4.90 Å². The molecule has 8 heteroatoms. The Balaban J connectivity index is 2.38. The molecule has 0 amide bonds. The van der Waals surface area contributed by atoms with Crippen LogP contribution in [0.3, 0.4) is 0 Å². The molecule has 3 rings (SSSR count). The molecule has 0 bridgehead atoms. The van der Waals surface area contributed by atoms with Gasteiger partial charge in [-0.2, -0.15) is 8.42 Å². The molecule has 18 heavy (non-hydrogen) atoms. The summed E-state index contributed by atoms with van der Waals surface area (Å²) in [4.78, 5) is 5.88. The van der Waals surface area contributed by atoms with Crippen molar-refractivity contribution in [1.82, 2.24) is 14.5 Å². The highest BCUT2D eigenvalue weighted by atomic mass is 32.2. The Labute approximate surface area is 104 Å². The van der Waals surface area contributed by atoms with E-state index in [1.165, 1.54) is 0 Å². The molecule has 0 aliphatic carbocycles. The van der Waals surface area contributed by atoms with E-state index in [1.807, 2.05) is 24.3 Å². The van der Waals surface area contributed by atoms with E-state index in [0.29, 0.717) is 11.5 Å². The van der Waals surface area contributed by atoms with Gasteiger partial charge in [0.15, 0.2) is 0 Å². The van der Waals surface area contributed by atoms with Crippen molar-refractivity contribution in [1.29, 1.82) is 0 Å². The molecule has 0 fully saturated rings. The van der Waals surface area contributed by atoms with Crippen molar-refractivity contribution in [2.45, 2.75) is 0 Å². The van der Waals surface area contributed by atoms with Gasteiger partial charge >= 0.3 is 10.2 Å². The summed E-state index contributed by atoms with van der Waals surface area (Å²) < 4.78 is 31.0. The van der Waals surface area contributed by atoms with Crippen molar-refractivity contribution in [2.75, 3.05) is 18.8 Å². The molecular formula is C10H11N5O2S. The number of benzene rings is 1. The number of nitrogens with zero attached hydrogens (tertiary/aromatic N) is 4. The standard InChI is InChI=1S/C10H11N5O2S/c1-14(2)10-13-18(16,17)12-9-11-7-5-3-4-6-8(7)15(9)10/h3-6H,1-2H3,(H,11,12). The van der Waals surface area contributed by atoms with E-state index < -0.39 is 10.2 Å². The summed E-state index contributed by atoms with van der Waals surface area (Å²) >= 11 is 0. The molecule has 1 aromatic heterocycles. The predicted octanol–water partition coefficient (Wildman–Crippen LogP) is 0.472. The molecule has 94 valence electrons. The van der Waals surface area contributed by atoms with Crippen molar-refractivity contribution in [3.63, 3.8) is 0 Å². The summed E-state index contributed by atoms with van der Waals surface area (Å²) in [6.45, 7) is 0. The lowest BCUT2D eigenvalue weighted by Crippen LogP contribution is -2.35. The zero-order valence-corrected chi connectivity index (χ0v) is 10.6. The third kappa shape index (κ3) is 1.53. The summed E-state index contributed by atoms with van der Waals surface area (Å²) in [6.07, 6.45) is 0. The molecule has 1 N–H and O–H groups in total. The van der Waals surface area contributed by atoms with E-state index in [0.717, 1.165) is 5.52 Å². The van der Waals surface area contributed by atoms with Crippen LogP contribution in [0.1, 0.15) is 0 Å². The first kappa shape index (κ1) is 11.0. The van der Waals surface area contributed by atoms with E-state index in [4.69, 9.17) is 0 Å². The van der Waals surface area contributed by atoms with Crippen molar-refractivity contribution >= 4 is 33.2 Å². The fraction of sp³-hybridized carbons (Fsp3) is 0.200. The van der Waals surface area contributed by atoms with Crippen LogP contribution in [0.5, 0.6) is 0 Å². The van der Waals surface area contributed by atoms with Crippen LogP contribution < -0.4 is 4.72 Å². The van der Waals surface area contributed by atoms with Crippen LogP contribution >= 0.6 is 0 Å². The minimum absolute atomic E-state index is 0.259. The van der Waals surface area contributed by atoms with Crippen LogP contribution in [-0.2, 0) is 10.2 Å². The molecule has 1 aliphatic rings. The zero-order chi connectivity index (χ0) is 12.9. The van der Waals surface area contributed by atoms with Gasteiger partial charge in [0.25, 0.3) is 0 Å². The molecule has 0 saturated heterocycles. The lowest BCUT2D eigenvalue weighted by Gasteiger charge is -2.22. The van der Waals surface area contributed by atoms with Crippen LogP contribution in [0.25, 0.3) is 11.0 Å². The second kappa shape index (κ2) is 3.45. The molecule has 0 radical (unpaired) electrons. The number of hydrogen-bond acceptors (Lipinski definition) is 4. The first-order valence-electron chi connectivity index (χ1n) is 5.26. The van der Waals surface area contributed by atoms with Gasteiger partial charge in [0.05, 0.1) is 11.0 Å². The van der Waals surface area contributed by atoms with Gasteiger partial charge in [0.1, 0.15) is 0 Å². The van der Waals surface area contributed by atoms with Crippen molar-refractivity contribution < 1.29 is 8.42 Å². The van der Waals surface area contributed by atoms with Gasteiger partial charge in [-0.25, -0.2) is 14.3 Å². The molecular weight excluding hydrogens is 254 g/mol. The fourth-order valence-corrected chi connectivity index (χ4v) is 2.74. The molecule has 0 saturated carbocycles. The molecule has 1 aliphatic heterocycles. The lowest BCUT2D eigenvalue weighted by molar-refractivity contribution is 0.582. The van der Waals surface area contributed by atoms with Gasteiger partial charge in [0, 0.05) is 14.1 Å². The average molecular weight is 265 g/mol. The van der Waals surface area contributed by atoms with Crippen molar-refractivity contribution in [3.05, 3.63) is 24.3 Å². The second-order valence-corrected chi connectivity index (χ2v) is 5.46. The molecule has 0 atom stereocenters. The van der Waals surface area contributed by atoms with Gasteiger partial charge in [-0.05, 0) is 12.1 Å². The normalized spacial score (nSPS) is 16.9. The number of anilines is 1. The van der Waals surface area contributed by atoms with Crippen molar-refractivity contribution in [2.24, 2.45) is 4.40 Å². The van der Waals surface area contributed by atoms with E-state index in [9.17, 15) is 8.42 Å². The number of nitrogens with one attached hydrogen (secondary N) is 1. The van der Waals surface area contributed by atoms with E-state index in [2.05, 4.69) is 14.1 Å². The minimum atomic E-state index is -3.73. The number of fused-ring (bicyclic) bond motifs is 3. The van der Waals surface area contributed by atoms with Crippen LogP contribution in [0, 0.1) is 0 Å². The Morgan fingerprint density at radius 3 is 2.72 bits per heavy atom. The monoisotopic (exact) mass is 265 g/mol. The first-order valence-corrected chi connectivity index (χ1v) is 6.70. The maximum absolute atomic E-state index is 11.6. The van der Waals surface area contributed by atoms with Gasteiger partial charge in [-0.1, -0.05) is 12.1 Å². The Morgan fingerprint density at radius 1 is 1.28 bits per heavy atom. The number of imidazole rings is 1. The lowest BCUT2D eigenvalue weighted by atomic mass is 10.3. The molecule has 0 unspecified atom stereocenters. The minimum Gasteiger partial charge on any atom is -0.347 e. The van der Waals surface area contributed by atoms with Gasteiger partial charge in [-0.15, -0.1) is 4.40 Å². The zero-order valence-electron chi connectivity index (χ0n) is 9.82. The highest BCUT2D eigenvalue weighted by Gasteiger charge is 2.26. The van der Waals surface area contributed by atoms with Crippen LogP contribution in [0.4, 0.5) is 5.95 Å². The molecule has 7 nitrogen and oxygen atoms in total. The summed E-state index contributed by atoms with van der Waals surface area (Å²) in [7, 11) is -0.256. The molecule has 1 aromatic carbocycles. The Hall–Kier alpha value is -2.09.